The van der Waals surface area contributed by atoms with Gasteiger partial charge in [-0.2, -0.15) is 0 Å². The number of amides is 1. The summed E-state index contributed by atoms with van der Waals surface area (Å²) in [4.78, 5) is 31.7. The van der Waals surface area contributed by atoms with Crippen molar-refractivity contribution in [2.24, 2.45) is 0 Å². The van der Waals surface area contributed by atoms with Crippen molar-refractivity contribution >= 4 is 23.1 Å². The standard InChI is InChI=1S/C25H22N2O5/c1-3-32-20-9-4-6-17(14-20)23(28)21-22(16-10-12-26-13-11-16)27(25(30)24(21)29)18-7-5-8-19(15-18)31-2/h4-15,22,28H,3H2,1-2H3/b23-21+. The van der Waals surface area contributed by atoms with Gasteiger partial charge in [0.15, 0.2) is 0 Å². The highest BCUT2D eigenvalue weighted by molar-refractivity contribution is 6.51. The number of aliphatic hydroxyl groups is 1. The number of ketones is 1. The molecule has 162 valence electrons. The van der Waals surface area contributed by atoms with Gasteiger partial charge in [0, 0.05) is 29.7 Å². The maximum Gasteiger partial charge on any atom is 0.300 e. The lowest BCUT2D eigenvalue weighted by Crippen LogP contribution is -2.29. The van der Waals surface area contributed by atoms with E-state index >= 15 is 0 Å². The zero-order chi connectivity index (χ0) is 22.7. The van der Waals surface area contributed by atoms with Crippen molar-refractivity contribution in [1.82, 2.24) is 4.98 Å². The molecule has 1 fully saturated rings. The van der Waals surface area contributed by atoms with Crippen LogP contribution >= 0.6 is 0 Å². The molecule has 0 saturated carbocycles. The predicted molar refractivity (Wildman–Crippen MR) is 120 cm³/mol. The topological polar surface area (TPSA) is 89.0 Å². The molecule has 1 N–H and O–H groups in total. The van der Waals surface area contributed by atoms with Crippen molar-refractivity contribution in [2.45, 2.75) is 13.0 Å². The normalized spacial score (nSPS) is 17.4. The number of hydrogen-bond donors (Lipinski definition) is 1. The zero-order valence-corrected chi connectivity index (χ0v) is 17.7. The molecule has 3 aromatic rings. The number of aromatic nitrogens is 1. The number of hydrogen-bond acceptors (Lipinski definition) is 6. The Labute approximate surface area is 185 Å². The smallest absolute Gasteiger partial charge is 0.300 e. The minimum absolute atomic E-state index is 0.00216. The molecule has 32 heavy (non-hydrogen) atoms. The first-order chi connectivity index (χ1) is 15.5. The third kappa shape index (κ3) is 3.80. The fourth-order valence-corrected chi connectivity index (χ4v) is 3.78. The van der Waals surface area contributed by atoms with E-state index < -0.39 is 17.7 Å². The first kappa shape index (κ1) is 21.1. The fraction of sp³-hybridized carbons (Fsp3) is 0.160. The van der Waals surface area contributed by atoms with Crippen molar-refractivity contribution < 1.29 is 24.2 Å². The molecule has 0 spiro atoms. The number of aliphatic hydroxyl groups excluding tert-OH is 1. The Balaban J connectivity index is 1.91. The molecule has 1 unspecified atom stereocenters. The van der Waals surface area contributed by atoms with Crippen LogP contribution in [0.3, 0.4) is 0 Å². The van der Waals surface area contributed by atoms with Crippen LogP contribution in [-0.4, -0.2) is 35.5 Å². The molecule has 1 aliphatic rings. The number of benzene rings is 2. The Morgan fingerprint density at radius 3 is 2.47 bits per heavy atom. The first-order valence-electron chi connectivity index (χ1n) is 10.1. The second-order valence-corrected chi connectivity index (χ2v) is 7.11. The van der Waals surface area contributed by atoms with Gasteiger partial charge in [0.25, 0.3) is 11.7 Å². The number of carbonyl (C=O) groups is 2. The average molecular weight is 430 g/mol. The van der Waals surface area contributed by atoms with E-state index in [1.54, 1.807) is 73.1 Å². The van der Waals surface area contributed by atoms with Gasteiger partial charge in [-0.15, -0.1) is 0 Å². The molecule has 4 rings (SSSR count). The van der Waals surface area contributed by atoms with Gasteiger partial charge in [-0.25, -0.2) is 0 Å². The van der Waals surface area contributed by atoms with Crippen LogP contribution < -0.4 is 14.4 Å². The summed E-state index contributed by atoms with van der Waals surface area (Å²) in [5, 5.41) is 11.2. The Bertz CT molecular complexity index is 1190. The largest absolute Gasteiger partial charge is 0.507 e. The number of nitrogens with zero attached hydrogens (tertiary/aromatic N) is 2. The number of carbonyl (C=O) groups excluding carboxylic acids is 2. The summed E-state index contributed by atoms with van der Waals surface area (Å²) < 4.78 is 10.8. The lowest BCUT2D eigenvalue weighted by atomic mass is 9.95. The van der Waals surface area contributed by atoms with Crippen molar-refractivity contribution in [2.75, 3.05) is 18.6 Å². The zero-order valence-electron chi connectivity index (χ0n) is 17.7. The SMILES string of the molecule is CCOc1cccc(/C(O)=C2\C(=O)C(=O)N(c3cccc(OC)c3)C2c2ccncc2)c1. The van der Waals surface area contributed by atoms with E-state index in [9.17, 15) is 14.7 Å². The van der Waals surface area contributed by atoms with Crippen LogP contribution in [0, 0.1) is 0 Å². The molecule has 1 atom stereocenters. The lowest BCUT2D eigenvalue weighted by molar-refractivity contribution is -0.132. The Morgan fingerprint density at radius 2 is 1.75 bits per heavy atom. The fourth-order valence-electron chi connectivity index (χ4n) is 3.78. The van der Waals surface area contributed by atoms with E-state index in [0.717, 1.165) is 0 Å². The van der Waals surface area contributed by atoms with Crippen LogP contribution in [0.25, 0.3) is 5.76 Å². The number of methoxy groups -OCH3 is 1. The molecular weight excluding hydrogens is 408 g/mol. The number of ether oxygens (including phenoxy) is 2. The Hall–Kier alpha value is -4.13. The van der Waals surface area contributed by atoms with E-state index in [-0.39, 0.29) is 11.3 Å². The summed E-state index contributed by atoms with van der Waals surface area (Å²) in [5.74, 6) is -0.671. The molecule has 2 aromatic carbocycles. The summed E-state index contributed by atoms with van der Waals surface area (Å²) >= 11 is 0. The van der Waals surface area contributed by atoms with E-state index in [2.05, 4.69) is 4.98 Å². The summed E-state index contributed by atoms with van der Waals surface area (Å²) in [6, 6.07) is 16.3. The maximum absolute atomic E-state index is 13.2. The van der Waals surface area contributed by atoms with Crippen molar-refractivity contribution in [3.8, 4) is 11.5 Å². The minimum atomic E-state index is -0.833. The van der Waals surface area contributed by atoms with Gasteiger partial charge < -0.3 is 14.6 Å². The van der Waals surface area contributed by atoms with Gasteiger partial charge in [-0.1, -0.05) is 18.2 Å². The van der Waals surface area contributed by atoms with Crippen molar-refractivity contribution in [3.63, 3.8) is 0 Å². The summed E-state index contributed by atoms with van der Waals surface area (Å²) in [7, 11) is 1.53. The van der Waals surface area contributed by atoms with Gasteiger partial charge in [0.2, 0.25) is 0 Å². The molecule has 0 aliphatic carbocycles. The highest BCUT2D eigenvalue weighted by Crippen LogP contribution is 2.42. The molecule has 7 nitrogen and oxygen atoms in total. The van der Waals surface area contributed by atoms with Gasteiger partial charge in [0.1, 0.15) is 17.3 Å². The predicted octanol–water partition coefficient (Wildman–Crippen LogP) is 4.12. The molecule has 0 bridgehead atoms. The van der Waals surface area contributed by atoms with E-state index in [1.165, 1.54) is 12.0 Å². The first-order valence-corrected chi connectivity index (χ1v) is 10.1. The van der Waals surface area contributed by atoms with Crippen molar-refractivity contribution in [3.05, 3.63) is 89.8 Å². The quantitative estimate of drug-likeness (QED) is 0.360. The van der Waals surface area contributed by atoms with Crippen LogP contribution in [0.15, 0.2) is 78.6 Å². The Morgan fingerprint density at radius 1 is 1.03 bits per heavy atom. The molecule has 7 heteroatoms. The molecule has 0 radical (unpaired) electrons. The summed E-state index contributed by atoms with van der Waals surface area (Å²) in [5.41, 5.74) is 1.51. The van der Waals surface area contributed by atoms with Crippen LogP contribution in [0.2, 0.25) is 0 Å². The van der Waals surface area contributed by atoms with Crippen LogP contribution in [0.4, 0.5) is 5.69 Å². The van der Waals surface area contributed by atoms with E-state index in [0.29, 0.717) is 34.9 Å². The third-order valence-electron chi connectivity index (χ3n) is 5.22. The number of Topliss-reactive ketones (excluding diaryl/α,β-unsaturated/α-hetero) is 1. The maximum atomic E-state index is 13.2. The summed E-state index contributed by atoms with van der Waals surface area (Å²) in [6.45, 7) is 2.32. The van der Waals surface area contributed by atoms with Gasteiger partial charge in [-0.3, -0.25) is 19.5 Å². The monoisotopic (exact) mass is 430 g/mol. The average Bonchev–Trinajstić information content (AvgIpc) is 3.10. The number of rotatable bonds is 6. The minimum Gasteiger partial charge on any atom is -0.507 e. The Kier molecular flexibility index (Phi) is 5.89. The number of anilines is 1. The highest BCUT2D eigenvalue weighted by atomic mass is 16.5. The van der Waals surface area contributed by atoms with Crippen molar-refractivity contribution in [1.29, 1.82) is 0 Å². The second-order valence-electron chi connectivity index (χ2n) is 7.11. The van der Waals surface area contributed by atoms with Crippen LogP contribution in [0.1, 0.15) is 24.1 Å². The van der Waals surface area contributed by atoms with Crippen LogP contribution in [0.5, 0.6) is 11.5 Å². The molecule has 1 aliphatic heterocycles. The summed E-state index contributed by atoms with van der Waals surface area (Å²) in [6.07, 6.45) is 3.16. The molecule has 1 amide bonds. The molecular formula is C25H22N2O5. The van der Waals surface area contributed by atoms with Gasteiger partial charge >= 0.3 is 0 Å². The highest BCUT2D eigenvalue weighted by Gasteiger charge is 2.47. The molecule has 1 aromatic heterocycles. The lowest BCUT2D eigenvalue weighted by Gasteiger charge is -2.25. The molecule has 1 saturated heterocycles. The van der Waals surface area contributed by atoms with Gasteiger partial charge in [-0.05, 0) is 48.9 Å². The molecule has 2 heterocycles. The number of pyridine rings is 1. The van der Waals surface area contributed by atoms with Crippen LogP contribution in [-0.2, 0) is 9.59 Å². The second kappa shape index (κ2) is 8.93. The van der Waals surface area contributed by atoms with E-state index in [4.69, 9.17) is 9.47 Å². The third-order valence-corrected chi connectivity index (χ3v) is 5.22. The van der Waals surface area contributed by atoms with E-state index in [1.807, 2.05) is 6.92 Å². The van der Waals surface area contributed by atoms with Gasteiger partial charge in [0.05, 0.1) is 25.3 Å².